The quantitative estimate of drug-likeness (QED) is 0.264. The first-order valence-corrected chi connectivity index (χ1v) is 14.5. The molecule has 1 atom stereocenters. The van der Waals surface area contributed by atoms with Gasteiger partial charge in [-0.15, -0.1) is 0 Å². The van der Waals surface area contributed by atoms with Crippen LogP contribution in [0.5, 0.6) is 0 Å². The van der Waals surface area contributed by atoms with Crippen LogP contribution in [0.2, 0.25) is 0 Å². The van der Waals surface area contributed by atoms with Gasteiger partial charge in [-0.25, -0.2) is 8.91 Å². The number of aromatic nitrogens is 5. The molecule has 4 heterocycles. The number of carbonyl (C=O) groups excluding carboxylic acids is 1. The van der Waals surface area contributed by atoms with Gasteiger partial charge in [0.1, 0.15) is 12.2 Å². The van der Waals surface area contributed by atoms with E-state index >= 15 is 0 Å². The molecule has 2 aliphatic carbocycles. The van der Waals surface area contributed by atoms with Gasteiger partial charge in [-0.3, -0.25) is 14.5 Å². The summed E-state index contributed by atoms with van der Waals surface area (Å²) in [4.78, 5) is 17.8. The molecule has 0 saturated heterocycles. The molecule has 0 unspecified atom stereocenters. The summed E-state index contributed by atoms with van der Waals surface area (Å²) < 4.78 is 18.2. The SMILES string of the molecule is CC(C)(O)[C@H](F)CNC(=O)c1cnc(-c2ccc3cc(C#N)cnn23)cc1N[C@H]1CC[C@H](c2cnn(C3CC3)c2)CC1. The molecule has 10 nitrogen and oxygen atoms in total. The van der Waals surface area contributed by atoms with Crippen molar-refractivity contribution >= 4 is 17.1 Å². The van der Waals surface area contributed by atoms with Crippen LogP contribution < -0.4 is 10.6 Å². The highest BCUT2D eigenvalue weighted by atomic mass is 19.1. The second-order valence-electron chi connectivity index (χ2n) is 12.0. The van der Waals surface area contributed by atoms with Crippen LogP contribution in [0.4, 0.5) is 10.1 Å². The standard InChI is InChI=1S/C31H35FN8O2/c1-31(2,42)29(32)17-35-30(41)25-16-34-27(28-10-9-24-11-19(13-33)14-37-40(24)28)12-26(25)38-22-5-3-20(4-6-22)21-15-36-39(18-21)23-7-8-23/h9-12,14-16,18,20,22-23,29,42H,3-8,17H2,1-2H3,(H,34,38)(H,35,41)/t20-,22-,29-/m1/s1. The van der Waals surface area contributed by atoms with Crippen LogP contribution in [0.15, 0.2) is 49.1 Å². The molecule has 3 N–H and O–H groups in total. The van der Waals surface area contributed by atoms with Crippen LogP contribution in [-0.2, 0) is 0 Å². The molecule has 0 spiro atoms. The topological polar surface area (TPSA) is 133 Å². The number of alkyl halides is 1. The second kappa shape index (κ2) is 11.2. The summed E-state index contributed by atoms with van der Waals surface area (Å²) in [6, 6.07) is 10.1. The van der Waals surface area contributed by atoms with Gasteiger partial charge in [0, 0.05) is 18.4 Å². The monoisotopic (exact) mass is 570 g/mol. The molecule has 2 aliphatic rings. The van der Waals surface area contributed by atoms with Crippen molar-refractivity contribution in [2.24, 2.45) is 0 Å². The molecule has 2 saturated carbocycles. The van der Waals surface area contributed by atoms with E-state index < -0.39 is 17.7 Å². The molecule has 0 aliphatic heterocycles. The Hall–Kier alpha value is -4.30. The van der Waals surface area contributed by atoms with Crippen molar-refractivity contribution in [2.45, 2.75) is 82.1 Å². The van der Waals surface area contributed by atoms with E-state index in [0.717, 1.165) is 31.2 Å². The molecule has 0 aromatic carbocycles. The lowest BCUT2D eigenvalue weighted by Gasteiger charge is -2.30. The molecule has 4 aromatic rings. The minimum absolute atomic E-state index is 0.146. The molecular formula is C31H35FN8O2. The lowest BCUT2D eigenvalue weighted by Crippen LogP contribution is -2.42. The summed E-state index contributed by atoms with van der Waals surface area (Å²) in [5.41, 5.74) is 3.16. The maximum absolute atomic E-state index is 14.4. The third-order valence-electron chi connectivity index (χ3n) is 8.35. The van der Waals surface area contributed by atoms with Gasteiger partial charge in [0.15, 0.2) is 0 Å². The molecule has 11 heteroatoms. The van der Waals surface area contributed by atoms with Gasteiger partial charge in [-0.1, -0.05) is 0 Å². The van der Waals surface area contributed by atoms with Crippen molar-refractivity contribution in [1.29, 1.82) is 5.26 Å². The van der Waals surface area contributed by atoms with Crippen LogP contribution in [0.3, 0.4) is 0 Å². The smallest absolute Gasteiger partial charge is 0.255 e. The molecule has 1 amide bonds. The number of pyridine rings is 1. The van der Waals surface area contributed by atoms with E-state index in [1.165, 1.54) is 44.6 Å². The Bertz CT molecular complexity index is 1640. The molecule has 42 heavy (non-hydrogen) atoms. The number of nitrogens with one attached hydrogen (secondary N) is 2. The number of anilines is 1. The summed E-state index contributed by atoms with van der Waals surface area (Å²) >= 11 is 0. The third-order valence-corrected chi connectivity index (χ3v) is 8.35. The predicted octanol–water partition coefficient (Wildman–Crippen LogP) is 4.78. The van der Waals surface area contributed by atoms with Crippen molar-refractivity contribution < 1.29 is 14.3 Å². The van der Waals surface area contributed by atoms with E-state index in [0.29, 0.717) is 40.2 Å². The highest BCUT2D eigenvalue weighted by Gasteiger charge is 2.29. The van der Waals surface area contributed by atoms with Crippen LogP contribution in [0.1, 0.15) is 85.8 Å². The van der Waals surface area contributed by atoms with E-state index in [1.807, 2.05) is 24.4 Å². The first kappa shape index (κ1) is 27.8. The minimum atomic E-state index is -1.62. The lowest BCUT2D eigenvalue weighted by atomic mass is 9.83. The van der Waals surface area contributed by atoms with Crippen LogP contribution >= 0.6 is 0 Å². The summed E-state index contributed by atoms with van der Waals surface area (Å²) in [7, 11) is 0. The molecular weight excluding hydrogens is 535 g/mol. The number of aliphatic hydroxyl groups is 1. The number of carbonyl (C=O) groups is 1. The highest BCUT2D eigenvalue weighted by molar-refractivity contribution is 6.00. The molecule has 218 valence electrons. The predicted molar refractivity (Wildman–Crippen MR) is 156 cm³/mol. The third kappa shape index (κ3) is 5.85. The maximum atomic E-state index is 14.4. The van der Waals surface area contributed by atoms with E-state index in [-0.39, 0.29) is 12.6 Å². The average molecular weight is 571 g/mol. The number of hydrogen-bond acceptors (Lipinski definition) is 7. The van der Waals surface area contributed by atoms with Crippen molar-refractivity contribution in [3.8, 4) is 17.5 Å². The van der Waals surface area contributed by atoms with E-state index in [9.17, 15) is 19.6 Å². The van der Waals surface area contributed by atoms with Crippen molar-refractivity contribution in [2.75, 3.05) is 11.9 Å². The van der Waals surface area contributed by atoms with Gasteiger partial charge < -0.3 is 15.7 Å². The number of nitrogens with zero attached hydrogens (tertiary/aromatic N) is 6. The Morgan fingerprint density at radius 2 is 1.93 bits per heavy atom. The van der Waals surface area contributed by atoms with Gasteiger partial charge in [-0.05, 0) is 88.1 Å². The molecule has 4 aromatic heterocycles. The molecule has 2 fully saturated rings. The Labute approximate surface area is 243 Å². The lowest BCUT2D eigenvalue weighted by molar-refractivity contribution is -0.00177. The first-order chi connectivity index (χ1) is 20.2. The second-order valence-corrected chi connectivity index (χ2v) is 12.0. The number of fused-ring (bicyclic) bond motifs is 1. The first-order valence-electron chi connectivity index (χ1n) is 14.5. The fourth-order valence-corrected chi connectivity index (χ4v) is 5.57. The number of hydrogen-bond donors (Lipinski definition) is 3. The number of rotatable bonds is 9. The largest absolute Gasteiger partial charge is 0.387 e. The fraction of sp³-hybridized carbons (Fsp3) is 0.452. The van der Waals surface area contributed by atoms with E-state index in [2.05, 4.69) is 42.8 Å². The fourth-order valence-electron chi connectivity index (χ4n) is 5.57. The zero-order chi connectivity index (χ0) is 29.4. The molecule has 0 bridgehead atoms. The van der Waals surface area contributed by atoms with Crippen molar-refractivity contribution in [1.82, 2.24) is 29.7 Å². The Kier molecular flexibility index (Phi) is 7.41. The van der Waals surface area contributed by atoms with Gasteiger partial charge in [0.2, 0.25) is 0 Å². The van der Waals surface area contributed by atoms with Crippen LogP contribution in [0, 0.1) is 11.3 Å². The van der Waals surface area contributed by atoms with Gasteiger partial charge >= 0.3 is 0 Å². The summed E-state index contributed by atoms with van der Waals surface area (Å²) in [6.45, 7) is 2.42. The van der Waals surface area contributed by atoms with Gasteiger partial charge in [0.25, 0.3) is 5.91 Å². The molecule has 6 rings (SSSR count). The molecule has 0 radical (unpaired) electrons. The Morgan fingerprint density at radius 1 is 1.14 bits per heavy atom. The van der Waals surface area contributed by atoms with Crippen LogP contribution in [-0.4, -0.2) is 59.8 Å². The van der Waals surface area contributed by atoms with Gasteiger partial charge in [-0.2, -0.15) is 15.5 Å². The Morgan fingerprint density at radius 3 is 2.64 bits per heavy atom. The summed E-state index contributed by atoms with van der Waals surface area (Å²) in [5.74, 6) is -0.00691. The van der Waals surface area contributed by atoms with Gasteiger partial charge in [0.05, 0.1) is 64.3 Å². The van der Waals surface area contributed by atoms with E-state index in [4.69, 9.17) is 0 Å². The number of nitriles is 1. The average Bonchev–Trinajstić information content (AvgIpc) is 3.56. The minimum Gasteiger partial charge on any atom is -0.387 e. The van der Waals surface area contributed by atoms with Crippen LogP contribution in [0.25, 0.3) is 16.9 Å². The maximum Gasteiger partial charge on any atom is 0.255 e. The van der Waals surface area contributed by atoms with Crippen molar-refractivity contribution in [3.05, 3.63) is 65.7 Å². The number of halogens is 1. The Balaban J connectivity index is 1.23. The normalized spacial score (nSPS) is 19.8. The van der Waals surface area contributed by atoms with Crippen molar-refractivity contribution in [3.63, 3.8) is 0 Å². The summed E-state index contributed by atoms with van der Waals surface area (Å²) in [5, 5.41) is 34.3. The number of amides is 1. The highest BCUT2D eigenvalue weighted by Crippen LogP contribution is 2.38. The van der Waals surface area contributed by atoms with E-state index in [1.54, 1.807) is 10.6 Å². The summed E-state index contributed by atoms with van der Waals surface area (Å²) in [6.07, 6.45) is 11.9. The zero-order valence-corrected chi connectivity index (χ0v) is 23.8. The zero-order valence-electron chi connectivity index (χ0n) is 23.8.